The third kappa shape index (κ3) is 7.59. The molecule has 5 unspecified atom stereocenters. The zero-order valence-electron chi connectivity index (χ0n) is 37.0. The Kier molecular flexibility index (Phi) is 10.7. The van der Waals surface area contributed by atoms with Crippen molar-refractivity contribution in [2.45, 2.75) is 121 Å². The minimum atomic E-state index is -0.814. The van der Waals surface area contributed by atoms with Gasteiger partial charge < -0.3 is 33.9 Å². The molecule has 7 heterocycles. The maximum absolute atomic E-state index is 17.4. The molecule has 1 N–H and O–H groups in total. The van der Waals surface area contributed by atoms with Crippen LogP contribution in [0.4, 0.5) is 14.6 Å². The molecular formula is C50H52F2N6O7. The predicted molar refractivity (Wildman–Crippen MR) is 239 cm³/mol. The Morgan fingerprint density at radius 2 is 1.82 bits per heavy atom. The van der Waals surface area contributed by atoms with Gasteiger partial charge in [-0.3, -0.25) is 19.5 Å². The highest BCUT2D eigenvalue weighted by molar-refractivity contribution is 6.03. The summed E-state index contributed by atoms with van der Waals surface area (Å²) in [6.07, 6.45) is 13.0. The van der Waals surface area contributed by atoms with E-state index in [1.54, 1.807) is 6.92 Å². The third-order valence-electron chi connectivity index (χ3n) is 13.9. The van der Waals surface area contributed by atoms with Crippen molar-refractivity contribution in [3.8, 4) is 46.9 Å². The fraction of sp³-hybridized carbons (Fsp3) is 0.460. The number of halogens is 2. The van der Waals surface area contributed by atoms with Gasteiger partial charge in [0, 0.05) is 68.6 Å². The monoisotopic (exact) mass is 886 g/mol. The highest BCUT2D eigenvalue weighted by Gasteiger charge is 2.51. The Bertz CT molecular complexity index is 2780. The molecule has 0 saturated carbocycles. The molecule has 0 radical (unpaired) electrons. The summed E-state index contributed by atoms with van der Waals surface area (Å²) < 4.78 is 56.8. The van der Waals surface area contributed by atoms with Gasteiger partial charge in [-0.25, -0.2) is 8.78 Å². The van der Waals surface area contributed by atoms with Crippen LogP contribution in [-0.2, 0) is 14.3 Å². The SMILES string of the molecule is C#Cc1c(F)ccc2cc(O)cc(-c3ncc4c(N5CC6CCC(C5)N6C(=O)CC(C)OC(=O)CCC)nc(OCC56CCCN5C(c5ccc7c(c5)OC(C)(C)O7)CC6)nc4c3F)c12. The van der Waals surface area contributed by atoms with Crippen LogP contribution in [0.2, 0.25) is 0 Å². The number of carbonyl (C=O) groups excluding carboxylic acids is 2. The number of aromatic nitrogens is 3. The number of hydrogen-bond donors (Lipinski definition) is 1. The number of fused-ring (bicyclic) bond motifs is 6. The molecule has 0 spiro atoms. The molecule has 5 aliphatic rings. The van der Waals surface area contributed by atoms with Crippen molar-refractivity contribution in [1.29, 1.82) is 0 Å². The number of amides is 1. The van der Waals surface area contributed by atoms with Crippen LogP contribution >= 0.6 is 0 Å². The lowest BCUT2D eigenvalue weighted by molar-refractivity contribution is -0.151. The van der Waals surface area contributed by atoms with Crippen molar-refractivity contribution < 1.29 is 42.4 Å². The minimum Gasteiger partial charge on any atom is -0.508 e. The van der Waals surface area contributed by atoms with Crippen molar-refractivity contribution in [3.05, 3.63) is 71.4 Å². The summed E-state index contributed by atoms with van der Waals surface area (Å²) in [6.45, 7) is 9.40. The number of rotatable bonds is 11. The van der Waals surface area contributed by atoms with E-state index in [2.05, 4.69) is 32.8 Å². The number of phenolic OH excluding ortho intramolecular Hbond substituents is 1. The first-order valence-corrected chi connectivity index (χ1v) is 22.7. The molecular weight excluding hydrogens is 835 g/mol. The number of ether oxygens (including phenoxy) is 4. The molecule has 1 amide bonds. The quantitative estimate of drug-likeness (QED) is 0.101. The lowest BCUT2D eigenvalue weighted by atomic mass is 9.95. The van der Waals surface area contributed by atoms with Crippen LogP contribution in [-0.4, -0.2) is 97.5 Å². The second kappa shape index (κ2) is 16.3. The highest BCUT2D eigenvalue weighted by Crippen LogP contribution is 2.51. The van der Waals surface area contributed by atoms with Crippen molar-refractivity contribution in [1.82, 2.24) is 24.8 Å². The fourth-order valence-electron chi connectivity index (χ4n) is 11.1. The number of aromatic hydroxyl groups is 1. The molecule has 338 valence electrons. The maximum Gasteiger partial charge on any atom is 0.319 e. The van der Waals surface area contributed by atoms with E-state index in [4.69, 9.17) is 35.3 Å². The van der Waals surface area contributed by atoms with Crippen LogP contribution in [0.5, 0.6) is 23.3 Å². The number of anilines is 1. The number of carbonyl (C=O) groups is 2. The van der Waals surface area contributed by atoms with Gasteiger partial charge in [-0.2, -0.15) is 9.97 Å². The van der Waals surface area contributed by atoms with Gasteiger partial charge in [0.2, 0.25) is 11.7 Å². The third-order valence-corrected chi connectivity index (χ3v) is 13.9. The highest BCUT2D eigenvalue weighted by atomic mass is 19.1. The number of terminal acetylenes is 1. The molecule has 10 rings (SSSR count). The van der Waals surface area contributed by atoms with Crippen molar-refractivity contribution in [2.24, 2.45) is 0 Å². The van der Waals surface area contributed by atoms with Gasteiger partial charge in [0.15, 0.2) is 17.3 Å². The smallest absolute Gasteiger partial charge is 0.319 e. The zero-order valence-corrected chi connectivity index (χ0v) is 37.0. The summed E-state index contributed by atoms with van der Waals surface area (Å²) in [4.78, 5) is 46.7. The summed E-state index contributed by atoms with van der Waals surface area (Å²) in [5, 5.41) is 11.8. The molecule has 5 atom stereocenters. The number of phenols is 1. The molecule has 5 aromatic rings. The lowest BCUT2D eigenvalue weighted by Crippen LogP contribution is -2.56. The Morgan fingerprint density at radius 1 is 1.03 bits per heavy atom. The first-order valence-electron chi connectivity index (χ1n) is 22.7. The van der Waals surface area contributed by atoms with E-state index in [1.165, 1.54) is 30.5 Å². The van der Waals surface area contributed by atoms with E-state index in [0.717, 1.165) is 62.1 Å². The first kappa shape index (κ1) is 42.7. The minimum absolute atomic E-state index is 0.0109. The molecule has 5 aliphatic heterocycles. The van der Waals surface area contributed by atoms with Gasteiger partial charge in [0.05, 0.1) is 22.9 Å². The molecule has 3 aromatic carbocycles. The number of nitrogens with zero attached hydrogens (tertiary/aromatic N) is 6. The summed E-state index contributed by atoms with van der Waals surface area (Å²) in [6, 6.07) is 11.4. The van der Waals surface area contributed by atoms with E-state index in [1.807, 2.05) is 31.7 Å². The maximum atomic E-state index is 17.4. The molecule has 13 nitrogen and oxygen atoms in total. The standard InChI is InChI=1S/C50H52F2N6O7/c1-6-9-42(61)63-28(3)20-41(60)58-31-12-13-32(58)26-56(25-31)47-36-24-53-45(35-23-33(59)21-30-10-14-37(51)34(7-2)43(30)35)44(52)46(36)54-48(55-47)62-27-50-17-8-19-57(50)38(16-18-50)29-11-15-39-40(22-29)65-49(4,5)64-39/h2,10-11,14-15,21-24,28,31-32,38,59H,6,8-9,12-13,16-20,25-27H2,1,3-5H3. The van der Waals surface area contributed by atoms with E-state index in [9.17, 15) is 14.7 Å². The Hall–Kier alpha value is -6.27. The topological polar surface area (TPSA) is 140 Å². The predicted octanol–water partition coefficient (Wildman–Crippen LogP) is 8.37. The van der Waals surface area contributed by atoms with Gasteiger partial charge >= 0.3 is 12.0 Å². The van der Waals surface area contributed by atoms with E-state index in [0.29, 0.717) is 42.5 Å². The van der Waals surface area contributed by atoms with Crippen molar-refractivity contribution in [2.75, 3.05) is 31.1 Å². The van der Waals surface area contributed by atoms with Crippen LogP contribution in [0.3, 0.4) is 0 Å². The number of esters is 1. The van der Waals surface area contributed by atoms with E-state index < -0.39 is 23.5 Å². The number of benzene rings is 3. The van der Waals surface area contributed by atoms with E-state index in [-0.39, 0.29) is 88.1 Å². The number of hydrogen-bond acceptors (Lipinski definition) is 12. The Balaban J connectivity index is 0.993. The molecule has 4 saturated heterocycles. The second-order valence-corrected chi connectivity index (χ2v) is 18.7. The number of piperazine rings is 1. The molecule has 15 heteroatoms. The molecule has 4 fully saturated rings. The van der Waals surface area contributed by atoms with Crippen LogP contribution in [0.1, 0.15) is 103 Å². The van der Waals surface area contributed by atoms with Gasteiger partial charge in [0.1, 0.15) is 41.3 Å². The van der Waals surface area contributed by atoms with Gasteiger partial charge in [0.25, 0.3) is 0 Å². The Morgan fingerprint density at radius 3 is 2.58 bits per heavy atom. The van der Waals surface area contributed by atoms with Crippen molar-refractivity contribution >= 4 is 39.4 Å². The normalized spacial score (nSPS) is 23.5. The fourth-order valence-corrected chi connectivity index (χ4v) is 11.1. The van der Waals surface area contributed by atoms with Gasteiger partial charge in [-0.1, -0.05) is 25.0 Å². The lowest BCUT2D eigenvalue weighted by Gasteiger charge is -2.42. The first-order chi connectivity index (χ1) is 31.2. The Labute approximate surface area is 376 Å². The summed E-state index contributed by atoms with van der Waals surface area (Å²) >= 11 is 0. The summed E-state index contributed by atoms with van der Waals surface area (Å²) in [5.41, 5.74) is 0.621. The molecule has 65 heavy (non-hydrogen) atoms. The largest absolute Gasteiger partial charge is 0.508 e. The van der Waals surface area contributed by atoms with Crippen LogP contribution in [0.25, 0.3) is 32.9 Å². The van der Waals surface area contributed by atoms with Crippen LogP contribution < -0.4 is 19.1 Å². The average molecular weight is 887 g/mol. The van der Waals surface area contributed by atoms with Crippen LogP contribution in [0.15, 0.2) is 48.7 Å². The van der Waals surface area contributed by atoms with Crippen molar-refractivity contribution in [3.63, 3.8) is 0 Å². The molecule has 2 aromatic heterocycles. The van der Waals surface area contributed by atoms with Crippen LogP contribution in [0, 0.1) is 24.0 Å². The van der Waals surface area contributed by atoms with Gasteiger partial charge in [-0.05, 0) is 99.7 Å². The number of pyridine rings is 1. The van der Waals surface area contributed by atoms with Gasteiger partial charge in [-0.15, -0.1) is 6.42 Å². The average Bonchev–Trinajstić information content (AvgIpc) is 4.00. The summed E-state index contributed by atoms with van der Waals surface area (Å²) in [7, 11) is 0. The molecule has 0 aliphatic carbocycles. The zero-order chi connectivity index (χ0) is 45.4. The molecule has 2 bridgehead atoms. The summed E-state index contributed by atoms with van der Waals surface area (Å²) in [5.74, 6) is 1.49. The van der Waals surface area contributed by atoms with E-state index >= 15 is 8.78 Å². The second-order valence-electron chi connectivity index (χ2n) is 18.7.